The molecule has 1 aliphatic heterocycles. The molecule has 2 amide bonds. The van der Waals surface area contributed by atoms with E-state index in [0.717, 1.165) is 22.2 Å². The summed E-state index contributed by atoms with van der Waals surface area (Å²) in [6.45, 7) is 3.68. The van der Waals surface area contributed by atoms with E-state index in [1.807, 2.05) is 6.07 Å². The molecule has 3 aromatic rings. The van der Waals surface area contributed by atoms with Crippen LogP contribution >= 0.6 is 11.8 Å². The van der Waals surface area contributed by atoms with Gasteiger partial charge in [0.05, 0.1) is 23.5 Å². The van der Waals surface area contributed by atoms with E-state index in [2.05, 4.69) is 0 Å². The van der Waals surface area contributed by atoms with E-state index < -0.39 is 16.1 Å². The van der Waals surface area contributed by atoms with Crippen molar-refractivity contribution in [1.29, 1.82) is 0 Å². The number of carbonyl (C=O) groups is 2. The molecule has 0 aliphatic carbocycles. The van der Waals surface area contributed by atoms with Crippen LogP contribution in [0.15, 0.2) is 57.9 Å². The topological polar surface area (TPSA) is 112 Å². The average Bonchev–Trinajstić information content (AvgIpc) is 3.40. The van der Waals surface area contributed by atoms with Crippen LogP contribution in [0.3, 0.4) is 0 Å². The number of aryl methyl sites for hydroxylation is 1. The summed E-state index contributed by atoms with van der Waals surface area (Å²) in [5.74, 6) is 1.42. The molecule has 0 spiro atoms. The molecule has 4 rings (SSSR count). The maximum atomic E-state index is 12.8. The first-order chi connectivity index (χ1) is 16.8. The number of hydrogen-bond acceptors (Lipinski definition) is 8. The van der Waals surface area contributed by atoms with E-state index in [1.54, 1.807) is 50.2 Å². The zero-order valence-electron chi connectivity index (χ0n) is 19.3. The maximum Gasteiger partial charge on any atom is 0.293 e. The fourth-order valence-corrected chi connectivity index (χ4v) is 4.41. The SMILES string of the molecule is COc1ccccc1OCCN1C(=O)S/C(=C\c2ccc(-c3cc(C)c(C)c([N+](=O)[O-])c3)o2)C1=O. The Morgan fingerprint density at radius 2 is 1.86 bits per heavy atom. The van der Waals surface area contributed by atoms with Gasteiger partial charge in [-0.25, -0.2) is 0 Å². The summed E-state index contributed by atoms with van der Waals surface area (Å²) >= 11 is 0.815. The van der Waals surface area contributed by atoms with Gasteiger partial charge in [-0.05, 0) is 61.5 Å². The molecule has 1 aromatic heterocycles. The largest absolute Gasteiger partial charge is 0.493 e. The molecular formula is C25H22N2O7S. The Labute approximate surface area is 205 Å². The lowest BCUT2D eigenvalue weighted by molar-refractivity contribution is -0.385. The van der Waals surface area contributed by atoms with E-state index in [4.69, 9.17) is 13.9 Å². The van der Waals surface area contributed by atoms with Gasteiger partial charge in [-0.2, -0.15) is 0 Å². The number of hydrogen-bond donors (Lipinski definition) is 0. The number of benzene rings is 2. The minimum atomic E-state index is -0.441. The second-order valence-corrected chi connectivity index (χ2v) is 8.72. The lowest BCUT2D eigenvalue weighted by Gasteiger charge is -2.14. The van der Waals surface area contributed by atoms with Crippen molar-refractivity contribution in [3.63, 3.8) is 0 Å². The Hall–Kier alpha value is -4.05. The van der Waals surface area contributed by atoms with Gasteiger partial charge in [-0.3, -0.25) is 24.6 Å². The third-order valence-corrected chi connectivity index (χ3v) is 6.44. The molecule has 2 heterocycles. The summed E-state index contributed by atoms with van der Waals surface area (Å²) in [6.07, 6.45) is 1.49. The summed E-state index contributed by atoms with van der Waals surface area (Å²) < 4.78 is 16.7. The molecule has 1 saturated heterocycles. The first-order valence-corrected chi connectivity index (χ1v) is 11.5. The highest BCUT2D eigenvalue weighted by Gasteiger charge is 2.35. The van der Waals surface area contributed by atoms with E-state index in [-0.39, 0.29) is 23.7 Å². The maximum absolute atomic E-state index is 12.8. The van der Waals surface area contributed by atoms with E-state index >= 15 is 0 Å². The van der Waals surface area contributed by atoms with Gasteiger partial charge in [-0.15, -0.1) is 0 Å². The van der Waals surface area contributed by atoms with Crippen LogP contribution in [0.5, 0.6) is 11.5 Å². The number of nitro benzene ring substituents is 1. The van der Waals surface area contributed by atoms with Crippen molar-refractivity contribution in [2.45, 2.75) is 13.8 Å². The van der Waals surface area contributed by atoms with Gasteiger partial charge in [0, 0.05) is 23.3 Å². The lowest BCUT2D eigenvalue weighted by Crippen LogP contribution is -2.32. The van der Waals surface area contributed by atoms with Crippen LogP contribution in [0, 0.1) is 24.0 Å². The first kappa shape index (κ1) is 24.1. The molecule has 0 N–H and O–H groups in total. The third-order valence-electron chi connectivity index (χ3n) is 5.54. The second kappa shape index (κ2) is 10.1. The predicted molar refractivity (Wildman–Crippen MR) is 131 cm³/mol. The number of imide groups is 1. The predicted octanol–water partition coefficient (Wildman–Crippen LogP) is 5.60. The molecule has 0 radical (unpaired) electrons. The molecule has 0 atom stereocenters. The van der Waals surface area contributed by atoms with Crippen molar-refractivity contribution >= 4 is 34.7 Å². The quantitative estimate of drug-likeness (QED) is 0.226. The minimum Gasteiger partial charge on any atom is -0.493 e. The number of nitrogens with zero attached hydrogens (tertiary/aromatic N) is 2. The lowest BCUT2D eigenvalue weighted by atomic mass is 10.0. The zero-order valence-corrected chi connectivity index (χ0v) is 20.1. The number of furan rings is 1. The standard InChI is InChI=1S/C25H22N2O7S/c1-15-12-17(13-19(16(15)2)27(30)31)20-9-8-18(34-20)14-23-24(28)26(25(29)35-23)10-11-33-22-7-5-4-6-21(22)32-3/h4-9,12-14H,10-11H2,1-3H3/b23-14-. The normalized spacial score (nSPS) is 14.6. The van der Waals surface area contributed by atoms with Crippen LogP contribution < -0.4 is 9.47 Å². The zero-order chi connectivity index (χ0) is 25.1. The molecule has 10 heteroatoms. The Balaban J connectivity index is 1.46. The van der Waals surface area contributed by atoms with Gasteiger partial charge in [-0.1, -0.05) is 12.1 Å². The number of nitro groups is 1. The van der Waals surface area contributed by atoms with Gasteiger partial charge in [0.25, 0.3) is 16.8 Å². The van der Waals surface area contributed by atoms with Crippen LogP contribution in [0.2, 0.25) is 0 Å². The fourth-order valence-electron chi connectivity index (χ4n) is 3.57. The van der Waals surface area contributed by atoms with Crippen molar-refractivity contribution in [3.05, 3.63) is 80.4 Å². The van der Waals surface area contributed by atoms with Gasteiger partial charge in [0.1, 0.15) is 18.1 Å². The van der Waals surface area contributed by atoms with Gasteiger partial charge >= 0.3 is 0 Å². The smallest absolute Gasteiger partial charge is 0.293 e. The average molecular weight is 495 g/mol. The number of thioether (sulfide) groups is 1. The van der Waals surface area contributed by atoms with Crippen LogP contribution in [0.25, 0.3) is 17.4 Å². The number of methoxy groups -OCH3 is 1. The van der Waals surface area contributed by atoms with Crippen molar-refractivity contribution in [3.8, 4) is 22.8 Å². The van der Waals surface area contributed by atoms with Crippen LogP contribution in [-0.4, -0.2) is 41.2 Å². The molecule has 0 unspecified atom stereocenters. The van der Waals surface area contributed by atoms with E-state index in [0.29, 0.717) is 34.1 Å². The molecule has 0 bridgehead atoms. The fraction of sp³-hybridized carbons (Fsp3) is 0.200. The Morgan fingerprint density at radius 3 is 2.57 bits per heavy atom. The summed E-state index contributed by atoms with van der Waals surface area (Å²) in [7, 11) is 1.53. The molecular weight excluding hydrogens is 472 g/mol. The molecule has 9 nitrogen and oxygen atoms in total. The Bertz CT molecular complexity index is 1350. The van der Waals surface area contributed by atoms with Gasteiger partial charge < -0.3 is 13.9 Å². The highest BCUT2D eigenvalue weighted by Crippen LogP contribution is 2.35. The number of amides is 2. The number of ether oxygens (including phenoxy) is 2. The molecule has 1 fully saturated rings. The van der Waals surface area contributed by atoms with Crippen LogP contribution in [0.4, 0.5) is 10.5 Å². The monoisotopic (exact) mass is 494 g/mol. The van der Waals surface area contributed by atoms with E-state index in [9.17, 15) is 19.7 Å². The van der Waals surface area contributed by atoms with Crippen LogP contribution in [-0.2, 0) is 4.79 Å². The molecule has 0 saturated carbocycles. The number of rotatable bonds is 8. The van der Waals surface area contributed by atoms with Crippen molar-refractivity contribution in [2.24, 2.45) is 0 Å². The summed E-state index contributed by atoms with van der Waals surface area (Å²) in [5.41, 5.74) is 1.92. The third kappa shape index (κ3) is 5.07. The van der Waals surface area contributed by atoms with E-state index in [1.165, 1.54) is 19.3 Å². The highest BCUT2D eigenvalue weighted by atomic mass is 32.2. The van der Waals surface area contributed by atoms with Crippen LogP contribution in [0.1, 0.15) is 16.9 Å². The minimum absolute atomic E-state index is 0.00871. The molecule has 35 heavy (non-hydrogen) atoms. The Morgan fingerprint density at radius 1 is 1.11 bits per heavy atom. The second-order valence-electron chi connectivity index (χ2n) is 7.73. The number of carbonyl (C=O) groups excluding carboxylic acids is 2. The highest BCUT2D eigenvalue weighted by molar-refractivity contribution is 8.18. The van der Waals surface area contributed by atoms with Crippen molar-refractivity contribution < 1.29 is 28.4 Å². The Kier molecular flexibility index (Phi) is 6.92. The molecule has 2 aromatic carbocycles. The number of para-hydroxylation sites is 2. The van der Waals surface area contributed by atoms with Gasteiger partial charge in [0.2, 0.25) is 0 Å². The van der Waals surface area contributed by atoms with Gasteiger partial charge in [0.15, 0.2) is 11.5 Å². The molecule has 1 aliphatic rings. The first-order valence-electron chi connectivity index (χ1n) is 10.7. The summed E-state index contributed by atoms with van der Waals surface area (Å²) in [6, 6.07) is 13.7. The van der Waals surface area contributed by atoms with Crippen molar-refractivity contribution in [1.82, 2.24) is 4.90 Å². The summed E-state index contributed by atoms with van der Waals surface area (Å²) in [5, 5.41) is 11.0. The summed E-state index contributed by atoms with van der Waals surface area (Å²) in [4.78, 5) is 37.4. The molecule has 180 valence electrons. The van der Waals surface area contributed by atoms with Crippen molar-refractivity contribution in [2.75, 3.05) is 20.3 Å².